The molecule has 7 heteroatoms. The average Bonchev–Trinajstić information content (AvgIpc) is 2.34. The van der Waals surface area contributed by atoms with Crippen molar-refractivity contribution >= 4 is 40.0 Å². The molecule has 0 amide bonds. The van der Waals surface area contributed by atoms with Crippen molar-refractivity contribution in [1.82, 2.24) is 0 Å². The monoisotopic (exact) mass is 334 g/mol. The molecule has 0 saturated carbocycles. The first-order chi connectivity index (χ1) is 9.41. The van der Waals surface area contributed by atoms with Crippen LogP contribution < -0.4 is 0 Å². The van der Waals surface area contributed by atoms with E-state index in [0.29, 0.717) is 0 Å². The SMILES string of the molecule is C=COCCCCCCCCCCCC.O=S(=O)(O)O.[NaH]. The van der Waals surface area contributed by atoms with Crippen molar-refractivity contribution in [2.45, 2.75) is 71.1 Å². The molecule has 21 heavy (non-hydrogen) atoms. The first-order valence-corrected chi connectivity index (χ1v) is 8.74. The summed E-state index contributed by atoms with van der Waals surface area (Å²) in [6.07, 6.45) is 15.3. The first-order valence-electron chi connectivity index (χ1n) is 7.34. The van der Waals surface area contributed by atoms with E-state index in [9.17, 15) is 0 Å². The fourth-order valence-electron chi connectivity index (χ4n) is 1.76. The normalized spacial score (nSPS) is 10.0. The van der Waals surface area contributed by atoms with Gasteiger partial charge in [0.25, 0.3) is 0 Å². The topological polar surface area (TPSA) is 83.8 Å². The van der Waals surface area contributed by atoms with Crippen molar-refractivity contribution in [3.63, 3.8) is 0 Å². The van der Waals surface area contributed by atoms with Gasteiger partial charge in [0.15, 0.2) is 0 Å². The van der Waals surface area contributed by atoms with E-state index in [0.717, 1.165) is 6.61 Å². The van der Waals surface area contributed by atoms with Crippen LogP contribution >= 0.6 is 0 Å². The summed E-state index contributed by atoms with van der Waals surface area (Å²) in [5.41, 5.74) is 0. The van der Waals surface area contributed by atoms with E-state index in [1.54, 1.807) is 0 Å². The van der Waals surface area contributed by atoms with Gasteiger partial charge in [-0.15, -0.1) is 0 Å². The van der Waals surface area contributed by atoms with Gasteiger partial charge >= 0.3 is 40.0 Å². The molecule has 0 atom stereocenters. The van der Waals surface area contributed by atoms with E-state index in [-0.39, 0.29) is 29.6 Å². The molecular weight excluding hydrogens is 303 g/mol. The van der Waals surface area contributed by atoms with Crippen LogP contribution in [0.15, 0.2) is 12.8 Å². The Hall–Kier alpha value is 0.410. The average molecular weight is 334 g/mol. The molecule has 0 unspecified atom stereocenters. The fourth-order valence-corrected chi connectivity index (χ4v) is 1.76. The van der Waals surface area contributed by atoms with Gasteiger partial charge in [-0.05, 0) is 6.42 Å². The molecule has 0 bridgehead atoms. The Morgan fingerprint density at radius 1 is 0.905 bits per heavy atom. The molecular formula is C14H31NaO5S. The number of hydrogen-bond acceptors (Lipinski definition) is 3. The summed E-state index contributed by atoms with van der Waals surface area (Å²) in [6, 6.07) is 0. The molecule has 0 rings (SSSR count). The molecule has 0 heterocycles. The van der Waals surface area contributed by atoms with Crippen LogP contribution in [0, 0.1) is 0 Å². The Balaban J connectivity index is -0.000000465. The van der Waals surface area contributed by atoms with E-state index in [4.69, 9.17) is 22.3 Å². The Labute approximate surface area is 152 Å². The molecule has 0 aliphatic carbocycles. The third-order valence-electron chi connectivity index (χ3n) is 2.73. The maximum absolute atomic E-state index is 8.74. The van der Waals surface area contributed by atoms with Crippen LogP contribution in [0.2, 0.25) is 0 Å². The Bertz CT molecular complexity index is 286. The molecule has 0 saturated heterocycles. The van der Waals surface area contributed by atoms with Crippen LogP contribution in [0.3, 0.4) is 0 Å². The molecule has 0 fully saturated rings. The molecule has 0 aromatic rings. The molecule has 0 aromatic carbocycles. The molecule has 0 spiro atoms. The third kappa shape index (κ3) is 44.9. The number of rotatable bonds is 12. The van der Waals surface area contributed by atoms with Crippen molar-refractivity contribution in [1.29, 1.82) is 0 Å². The van der Waals surface area contributed by atoms with E-state index in [1.165, 1.54) is 70.5 Å². The summed E-state index contributed by atoms with van der Waals surface area (Å²) < 4.78 is 36.7. The van der Waals surface area contributed by atoms with E-state index < -0.39 is 10.4 Å². The number of ether oxygens (including phenoxy) is 1. The summed E-state index contributed by atoms with van der Waals surface area (Å²) in [4.78, 5) is 0. The molecule has 124 valence electrons. The molecule has 0 aliphatic rings. The summed E-state index contributed by atoms with van der Waals surface area (Å²) >= 11 is 0. The van der Waals surface area contributed by atoms with Gasteiger partial charge in [0.1, 0.15) is 0 Å². The van der Waals surface area contributed by atoms with Gasteiger partial charge in [0.05, 0.1) is 12.9 Å². The van der Waals surface area contributed by atoms with Crippen molar-refractivity contribution < 1.29 is 22.3 Å². The molecule has 2 N–H and O–H groups in total. The van der Waals surface area contributed by atoms with E-state index in [1.807, 2.05) is 0 Å². The summed E-state index contributed by atoms with van der Waals surface area (Å²) in [7, 11) is -4.67. The summed E-state index contributed by atoms with van der Waals surface area (Å²) in [6.45, 7) is 6.64. The van der Waals surface area contributed by atoms with Crippen LogP contribution in [0.1, 0.15) is 71.1 Å². The second-order valence-electron chi connectivity index (χ2n) is 4.67. The zero-order valence-corrected chi connectivity index (χ0v) is 13.4. The van der Waals surface area contributed by atoms with Crippen molar-refractivity contribution in [2.75, 3.05) is 6.61 Å². The fraction of sp³-hybridized carbons (Fsp3) is 0.857. The van der Waals surface area contributed by atoms with Crippen molar-refractivity contribution in [2.24, 2.45) is 0 Å². The first kappa shape index (κ1) is 26.3. The van der Waals surface area contributed by atoms with Gasteiger partial charge in [-0.25, -0.2) is 0 Å². The van der Waals surface area contributed by atoms with Crippen LogP contribution in [0.5, 0.6) is 0 Å². The van der Waals surface area contributed by atoms with Crippen molar-refractivity contribution in [3.8, 4) is 0 Å². The molecule has 0 aliphatic heterocycles. The van der Waals surface area contributed by atoms with Gasteiger partial charge in [-0.3, -0.25) is 9.11 Å². The van der Waals surface area contributed by atoms with Gasteiger partial charge < -0.3 is 4.74 Å². The molecule has 0 aromatic heterocycles. The van der Waals surface area contributed by atoms with E-state index in [2.05, 4.69) is 13.5 Å². The zero-order valence-electron chi connectivity index (χ0n) is 12.6. The minimum atomic E-state index is -4.67. The second kappa shape index (κ2) is 20.4. The third-order valence-corrected chi connectivity index (χ3v) is 2.73. The Kier molecular flexibility index (Phi) is 25.6. The standard InChI is InChI=1S/C14H28O.Na.H2O4S.H/c1-3-5-6-7-8-9-10-11-12-13-14-15-4-2;;1-5(2,3)4;/h4H,2-3,5-14H2,1H3;;(H2,1,2,3,4);. The number of unbranched alkanes of at least 4 members (excludes halogenated alkanes) is 9. The van der Waals surface area contributed by atoms with Crippen LogP contribution in [0.4, 0.5) is 0 Å². The van der Waals surface area contributed by atoms with Crippen LogP contribution in [-0.4, -0.2) is 53.7 Å². The Morgan fingerprint density at radius 2 is 1.24 bits per heavy atom. The van der Waals surface area contributed by atoms with Crippen LogP contribution in [-0.2, 0) is 15.1 Å². The van der Waals surface area contributed by atoms with Gasteiger partial charge in [-0.2, -0.15) is 8.42 Å². The van der Waals surface area contributed by atoms with Crippen molar-refractivity contribution in [3.05, 3.63) is 12.8 Å². The quantitative estimate of drug-likeness (QED) is 0.246. The summed E-state index contributed by atoms with van der Waals surface area (Å²) in [5, 5.41) is 0. The number of hydrogen-bond donors (Lipinski definition) is 2. The second-order valence-corrected chi connectivity index (χ2v) is 5.56. The van der Waals surface area contributed by atoms with Crippen LogP contribution in [0.25, 0.3) is 0 Å². The molecule has 0 radical (unpaired) electrons. The zero-order chi connectivity index (χ0) is 15.7. The van der Waals surface area contributed by atoms with Gasteiger partial charge in [0.2, 0.25) is 0 Å². The predicted molar refractivity (Wildman–Crippen MR) is 89.3 cm³/mol. The maximum atomic E-state index is 8.74. The predicted octanol–water partition coefficient (Wildman–Crippen LogP) is 3.77. The minimum absolute atomic E-state index is 0. The molecule has 5 nitrogen and oxygen atoms in total. The van der Waals surface area contributed by atoms with Gasteiger partial charge in [-0.1, -0.05) is 71.3 Å². The Morgan fingerprint density at radius 3 is 1.57 bits per heavy atom. The van der Waals surface area contributed by atoms with E-state index >= 15 is 0 Å². The van der Waals surface area contributed by atoms with Gasteiger partial charge in [0, 0.05) is 0 Å². The summed E-state index contributed by atoms with van der Waals surface area (Å²) in [5.74, 6) is 0.